The van der Waals surface area contributed by atoms with Gasteiger partial charge in [0.15, 0.2) is 0 Å². The summed E-state index contributed by atoms with van der Waals surface area (Å²) in [6.07, 6.45) is -0.0662. The van der Waals surface area contributed by atoms with Crippen LogP contribution in [-0.4, -0.2) is 15.8 Å². The van der Waals surface area contributed by atoms with Gasteiger partial charge in [-0.1, -0.05) is 6.92 Å². The quantitative estimate of drug-likeness (QED) is 0.456. The van der Waals surface area contributed by atoms with Crippen molar-refractivity contribution in [1.29, 1.82) is 0 Å². The number of hydrogen-bond acceptors (Lipinski definition) is 7. The van der Waals surface area contributed by atoms with Gasteiger partial charge < -0.3 is 0 Å². The monoisotopic (exact) mass is 274 g/mol. The molecule has 0 N–H and O–H groups in total. The summed E-state index contributed by atoms with van der Waals surface area (Å²) in [7, 11) is 0. The average molecular weight is 274 g/mol. The molecule has 0 amide bonds. The van der Waals surface area contributed by atoms with Crippen LogP contribution < -0.4 is 4.89 Å². The molecule has 0 aromatic heterocycles. The van der Waals surface area contributed by atoms with Crippen molar-refractivity contribution >= 4 is 17.3 Å². The fourth-order valence-corrected chi connectivity index (χ4v) is 1.03. The van der Waals surface area contributed by atoms with E-state index in [0.29, 0.717) is 12.1 Å². The third-order valence-corrected chi connectivity index (χ3v) is 1.93. The van der Waals surface area contributed by atoms with Gasteiger partial charge in [0, 0.05) is 12.5 Å². The fourth-order valence-electron chi connectivity index (χ4n) is 1.03. The summed E-state index contributed by atoms with van der Waals surface area (Å²) in [6.45, 7) is 1.44. The molecular weight excluding hydrogens is 267 g/mol. The Labute approximate surface area is 104 Å². The predicted molar refractivity (Wildman–Crippen MR) is 56.7 cm³/mol. The number of nitrogens with zero attached hydrogens (tertiary/aromatic N) is 2. The highest BCUT2D eigenvalue weighted by atomic mass is 19.1. The first-order valence-corrected chi connectivity index (χ1v) is 4.86. The third-order valence-electron chi connectivity index (χ3n) is 1.93. The zero-order chi connectivity index (χ0) is 14.6. The second kappa shape index (κ2) is 5.71. The minimum absolute atomic E-state index is 0.0662. The van der Waals surface area contributed by atoms with Crippen LogP contribution >= 0.6 is 0 Å². The highest BCUT2D eigenvalue weighted by Gasteiger charge is 2.27. The fraction of sp³-hybridized carbons (Fsp3) is 0.222. The molecule has 1 aromatic rings. The molecule has 1 aromatic carbocycles. The van der Waals surface area contributed by atoms with E-state index in [0.717, 1.165) is 0 Å². The van der Waals surface area contributed by atoms with Crippen molar-refractivity contribution < 1.29 is 28.8 Å². The molecule has 1 rings (SSSR count). The van der Waals surface area contributed by atoms with Crippen LogP contribution in [0.5, 0.6) is 5.75 Å². The van der Waals surface area contributed by atoms with Gasteiger partial charge >= 0.3 is 17.3 Å². The van der Waals surface area contributed by atoms with Crippen molar-refractivity contribution in [3.05, 3.63) is 38.2 Å². The Morgan fingerprint density at radius 1 is 1.26 bits per heavy atom. The zero-order valence-corrected chi connectivity index (χ0v) is 9.49. The topological polar surface area (TPSA) is 122 Å². The van der Waals surface area contributed by atoms with Crippen LogP contribution in [-0.2, 0) is 9.68 Å². The summed E-state index contributed by atoms with van der Waals surface area (Å²) < 4.78 is 13.3. The molecule has 19 heavy (non-hydrogen) atoms. The van der Waals surface area contributed by atoms with Crippen LogP contribution in [0.2, 0.25) is 0 Å². The maximum Gasteiger partial charge on any atom is 0.355 e. The lowest BCUT2D eigenvalue weighted by Gasteiger charge is -2.04. The summed E-state index contributed by atoms with van der Waals surface area (Å²) in [5, 5.41) is 21.1. The number of rotatable bonds is 5. The Hall–Kier alpha value is -2.78. The van der Waals surface area contributed by atoms with Gasteiger partial charge in [0.1, 0.15) is 6.07 Å². The molecule has 0 saturated carbocycles. The van der Waals surface area contributed by atoms with Gasteiger partial charge in [0.2, 0.25) is 5.82 Å². The predicted octanol–water partition coefficient (Wildman–Crippen LogP) is 1.89. The summed E-state index contributed by atoms with van der Waals surface area (Å²) in [5.41, 5.74) is -1.97. The minimum atomic E-state index is -1.35. The number of hydrogen-bond donors (Lipinski definition) is 0. The van der Waals surface area contributed by atoms with Gasteiger partial charge in [-0.15, -0.1) is 0 Å². The molecule has 9 nitrogen and oxygen atoms in total. The van der Waals surface area contributed by atoms with E-state index in [1.807, 2.05) is 0 Å². The van der Waals surface area contributed by atoms with E-state index in [1.54, 1.807) is 0 Å². The van der Waals surface area contributed by atoms with E-state index in [9.17, 15) is 29.4 Å². The van der Waals surface area contributed by atoms with E-state index >= 15 is 0 Å². The molecule has 0 aliphatic rings. The molecule has 0 aliphatic carbocycles. The first-order valence-electron chi connectivity index (χ1n) is 4.86. The lowest BCUT2D eigenvalue weighted by Crippen LogP contribution is -2.08. The van der Waals surface area contributed by atoms with Gasteiger partial charge in [-0.3, -0.25) is 30.0 Å². The van der Waals surface area contributed by atoms with E-state index in [2.05, 4.69) is 9.78 Å². The molecular formula is C9H7FN2O7. The van der Waals surface area contributed by atoms with Crippen molar-refractivity contribution in [3.8, 4) is 5.75 Å². The summed E-state index contributed by atoms with van der Waals surface area (Å²) in [5.74, 6) is -2.93. The van der Waals surface area contributed by atoms with E-state index < -0.39 is 38.8 Å². The molecule has 0 bridgehead atoms. The number of carbonyl (C=O) groups is 1. The van der Waals surface area contributed by atoms with Crippen molar-refractivity contribution in [1.82, 2.24) is 0 Å². The summed E-state index contributed by atoms with van der Waals surface area (Å²) in [4.78, 5) is 38.2. The van der Waals surface area contributed by atoms with Crippen LogP contribution in [0.3, 0.4) is 0 Å². The number of carbonyl (C=O) groups excluding carboxylic acids is 1. The number of nitro groups is 2. The molecule has 0 heterocycles. The van der Waals surface area contributed by atoms with Gasteiger partial charge in [0.25, 0.3) is 5.75 Å². The maximum atomic E-state index is 13.3. The third kappa shape index (κ3) is 3.34. The first-order chi connectivity index (χ1) is 8.86. The highest BCUT2D eigenvalue weighted by molar-refractivity contribution is 5.68. The SMILES string of the molecule is CCC(=O)OOc1cc(F)c([N+](=O)[O-])cc1[N+](=O)[O-]. The molecule has 10 heteroatoms. The molecule has 0 atom stereocenters. The first kappa shape index (κ1) is 14.3. The number of benzene rings is 1. The second-order valence-electron chi connectivity index (χ2n) is 3.18. The highest BCUT2D eigenvalue weighted by Crippen LogP contribution is 2.33. The lowest BCUT2D eigenvalue weighted by molar-refractivity contribution is -0.397. The van der Waals surface area contributed by atoms with Crippen LogP contribution in [0.1, 0.15) is 13.3 Å². The Morgan fingerprint density at radius 2 is 1.84 bits per heavy atom. The van der Waals surface area contributed by atoms with E-state index in [-0.39, 0.29) is 6.42 Å². The van der Waals surface area contributed by atoms with Gasteiger partial charge in [-0.2, -0.15) is 4.39 Å². The lowest BCUT2D eigenvalue weighted by atomic mass is 10.2. The van der Waals surface area contributed by atoms with Crippen LogP contribution in [0, 0.1) is 26.0 Å². The van der Waals surface area contributed by atoms with E-state index in [4.69, 9.17) is 0 Å². The van der Waals surface area contributed by atoms with Gasteiger partial charge in [-0.25, -0.2) is 4.79 Å². The summed E-state index contributed by atoms with van der Waals surface area (Å²) >= 11 is 0. The molecule has 0 radical (unpaired) electrons. The molecule has 0 fully saturated rings. The Morgan fingerprint density at radius 3 is 2.32 bits per heavy atom. The standard InChI is InChI=1S/C9H7FN2O7/c1-2-9(13)19-18-8-3-5(10)6(11(14)15)4-7(8)12(16)17/h3-4H,2H2,1H3. The Bertz CT molecular complexity index is 546. The molecule has 0 aliphatic heterocycles. The smallest absolute Gasteiger partial charge is 0.279 e. The van der Waals surface area contributed by atoms with Gasteiger partial charge in [-0.05, 0) is 0 Å². The molecule has 0 saturated heterocycles. The number of nitro benzene ring substituents is 2. The zero-order valence-electron chi connectivity index (χ0n) is 9.49. The van der Waals surface area contributed by atoms with Crippen molar-refractivity contribution in [2.24, 2.45) is 0 Å². The van der Waals surface area contributed by atoms with Crippen molar-refractivity contribution in [2.75, 3.05) is 0 Å². The molecule has 102 valence electrons. The van der Waals surface area contributed by atoms with Crippen LogP contribution in [0.15, 0.2) is 12.1 Å². The van der Waals surface area contributed by atoms with Crippen LogP contribution in [0.25, 0.3) is 0 Å². The largest absolute Gasteiger partial charge is 0.355 e. The molecule has 0 spiro atoms. The molecule has 0 unspecified atom stereocenters. The normalized spacial score (nSPS) is 9.79. The Balaban J connectivity index is 3.16. The second-order valence-corrected chi connectivity index (χ2v) is 3.18. The van der Waals surface area contributed by atoms with Crippen molar-refractivity contribution in [2.45, 2.75) is 13.3 Å². The minimum Gasteiger partial charge on any atom is -0.279 e. The van der Waals surface area contributed by atoms with Crippen molar-refractivity contribution in [3.63, 3.8) is 0 Å². The van der Waals surface area contributed by atoms with Gasteiger partial charge in [0.05, 0.1) is 9.85 Å². The number of halogens is 1. The Kier molecular flexibility index (Phi) is 4.29. The van der Waals surface area contributed by atoms with Crippen LogP contribution in [0.4, 0.5) is 15.8 Å². The summed E-state index contributed by atoms with van der Waals surface area (Å²) in [6, 6.07) is 0.781. The average Bonchev–Trinajstić information content (AvgIpc) is 2.34. The van der Waals surface area contributed by atoms with E-state index in [1.165, 1.54) is 6.92 Å². The maximum absolute atomic E-state index is 13.3.